The minimum atomic E-state index is -4.94. The maximum absolute atomic E-state index is 13.3. The van der Waals surface area contributed by atoms with E-state index >= 15 is 0 Å². The number of nitrogens with two attached hydrogens (primary N) is 1. The van der Waals surface area contributed by atoms with Crippen LogP contribution in [0.3, 0.4) is 0 Å². The van der Waals surface area contributed by atoms with E-state index in [2.05, 4.69) is 0 Å². The zero-order valence-electron chi connectivity index (χ0n) is 16.1. The van der Waals surface area contributed by atoms with Gasteiger partial charge in [0, 0.05) is 5.69 Å². The molecule has 1 aromatic carbocycles. The predicted octanol–water partition coefficient (Wildman–Crippen LogP) is 5.02. The first kappa shape index (κ1) is 24.6. The molecule has 0 radical (unpaired) electrons. The van der Waals surface area contributed by atoms with Gasteiger partial charge in [-0.2, -0.15) is 31.6 Å². The Hall–Kier alpha value is -2.44. The first-order chi connectivity index (χ1) is 13.3. The second kappa shape index (κ2) is 9.85. The molecule has 0 bridgehead atoms. The number of carbonyl (C=O) groups is 1. The van der Waals surface area contributed by atoms with E-state index in [0.29, 0.717) is 23.8 Å². The van der Waals surface area contributed by atoms with E-state index in [1.165, 1.54) is 6.07 Å². The van der Waals surface area contributed by atoms with Crippen LogP contribution in [0.2, 0.25) is 0 Å². The number of rotatable bonds is 9. The van der Waals surface area contributed by atoms with Gasteiger partial charge < -0.3 is 10.6 Å². The van der Waals surface area contributed by atoms with Crippen LogP contribution in [0, 0.1) is 17.2 Å². The van der Waals surface area contributed by atoms with Crippen molar-refractivity contribution in [2.45, 2.75) is 57.9 Å². The zero-order chi connectivity index (χ0) is 22.4. The second-order valence-electron chi connectivity index (χ2n) is 6.80. The fourth-order valence-corrected chi connectivity index (χ4v) is 3.23. The molecule has 2 N–H and O–H groups in total. The standard InChI is InChI=1S/C19H23F6N3O/c1-3-5-12(4-2)8-16(17(27)29)28(11-18(20,21)22)14-7-6-13(10-26)15(9-14)19(23,24)25/h6-7,9,12,16H,3-5,8,11H2,1-2H3,(H2,27,29). The smallest absolute Gasteiger partial charge is 0.368 e. The SMILES string of the molecule is CCCC(CC)CC(C(N)=O)N(CC(F)(F)F)c1ccc(C#N)c(C(F)(F)F)c1. The summed E-state index contributed by atoms with van der Waals surface area (Å²) in [6.45, 7) is 2.05. The van der Waals surface area contributed by atoms with E-state index in [1.807, 2.05) is 13.8 Å². The number of nitrogens with zero attached hydrogens (tertiary/aromatic N) is 2. The lowest BCUT2D eigenvalue weighted by atomic mass is 9.91. The second-order valence-corrected chi connectivity index (χ2v) is 6.80. The Bertz CT molecular complexity index is 739. The van der Waals surface area contributed by atoms with Crippen LogP contribution in [0.15, 0.2) is 18.2 Å². The molecule has 162 valence electrons. The molecular weight excluding hydrogens is 400 g/mol. The van der Waals surface area contributed by atoms with Crippen molar-refractivity contribution in [2.75, 3.05) is 11.4 Å². The minimum Gasteiger partial charge on any atom is -0.368 e. The van der Waals surface area contributed by atoms with Crippen LogP contribution in [0.5, 0.6) is 0 Å². The Kier molecular flexibility index (Phi) is 8.36. The highest BCUT2D eigenvalue weighted by Gasteiger charge is 2.39. The first-order valence-corrected chi connectivity index (χ1v) is 9.08. The Morgan fingerprint density at radius 3 is 2.24 bits per heavy atom. The van der Waals surface area contributed by atoms with E-state index < -0.39 is 47.7 Å². The highest BCUT2D eigenvalue weighted by molar-refractivity contribution is 5.84. The van der Waals surface area contributed by atoms with Gasteiger partial charge in [0.15, 0.2) is 0 Å². The third-order valence-corrected chi connectivity index (χ3v) is 4.65. The molecule has 0 aliphatic heterocycles. The van der Waals surface area contributed by atoms with Gasteiger partial charge in [0.25, 0.3) is 0 Å². The number of alkyl halides is 6. The molecule has 0 aliphatic rings. The Labute approximate surface area is 165 Å². The van der Waals surface area contributed by atoms with Gasteiger partial charge in [-0.25, -0.2) is 0 Å². The molecule has 10 heteroatoms. The third-order valence-electron chi connectivity index (χ3n) is 4.65. The number of hydrogen-bond donors (Lipinski definition) is 1. The Morgan fingerprint density at radius 2 is 1.83 bits per heavy atom. The molecule has 0 spiro atoms. The maximum Gasteiger partial charge on any atom is 0.417 e. The number of halogens is 6. The number of carbonyl (C=O) groups excluding carboxylic acids is 1. The lowest BCUT2D eigenvalue weighted by Crippen LogP contribution is -2.49. The van der Waals surface area contributed by atoms with Crippen molar-refractivity contribution in [3.8, 4) is 6.07 Å². The summed E-state index contributed by atoms with van der Waals surface area (Å²) in [5, 5.41) is 8.89. The van der Waals surface area contributed by atoms with Crippen molar-refractivity contribution in [1.82, 2.24) is 0 Å². The van der Waals surface area contributed by atoms with Gasteiger partial charge >= 0.3 is 12.4 Å². The molecule has 1 aromatic rings. The van der Waals surface area contributed by atoms with E-state index in [9.17, 15) is 31.1 Å². The van der Waals surface area contributed by atoms with Crippen molar-refractivity contribution >= 4 is 11.6 Å². The van der Waals surface area contributed by atoms with Gasteiger partial charge in [0.1, 0.15) is 12.6 Å². The monoisotopic (exact) mass is 423 g/mol. The molecule has 1 amide bonds. The van der Waals surface area contributed by atoms with Crippen LogP contribution in [0.25, 0.3) is 0 Å². The van der Waals surface area contributed by atoms with Crippen molar-refractivity contribution in [1.29, 1.82) is 5.26 Å². The minimum absolute atomic E-state index is 0.0168. The van der Waals surface area contributed by atoms with Crippen LogP contribution < -0.4 is 10.6 Å². The van der Waals surface area contributed by atoms with E-state index in [1.54, 1.807) is 0 Å². The molecule has 0 aliphatic carbocycles. The Morgan fingerprint density at radius 1 is 1.21 bits per heavy atom. The van der Waals surface area contributed by atoms with Crippen LogP contribution >= 0.6 is 0 Å². The molecule has 1 rings (SSSR count). The van der Waals surface area contributed by atoms with Gasteiger partial charge in [0.05, 0.1) is 17.2 Å². The molecule has 2 atom stereocenters. The van der Waals surface area contributed by atoms with E-state index in [4.69, 9.17) is 11.0 Å². The Balaban J connectivity index is 3.51. The van der Waals surface area contributed by atoms with Crippen molar-refractivity contribution < 1.29 is 31.1 Å². The predicted molar refractivity (Wildman–Crippen MR) is 95.8 cm³/mol. The number of primary amides is 1. The molecule has 0 saturated heterocycles. The molecule has 4 nitrogen and oxygen atoms in total. The van der Waals surface area contributed by atoms with Crippen LogP contribution in [0.4, 0.5) is 32.0 Å². The van der Waals surface area contributed by atoms with Gasteiger partial charge in [-0.05, 0) is 30.5 Å². The average molecular weight is 423 g/mol. The molecule has 29 heavy (non-hydrogen) atoms. The molecule has 2 unspecified atom stereocenters. The molecular formula is C19H23F6N3O. The van der Waals surface area contributed by atoms with E-state index in [0.717, 1.165) is 18.6 Å². The van der Waals surface area contributed by atoms with Gasteiger partial charge in [-0.1, -0.05) is 33.1 Å². The summed E-state index contributed by atoms with van der Waals surface area (Å²) in [4.78, 5) is 12.6. The number of anilines is 1. The van der Waals surface area contributed by atoms with E-state index in [-0.39, 0.29) is 12.3 Å². The summed E-state index contributed by atoms with van der Waals surface area (Å²) < 4.78 is 79.4. The highest BCUT2D eigenvalue weighted by Crippen LogP contribution is 2.36. The number of nitriles is 1. The van der Waals surface area contributed by atoms with Crippen molar-refractivity contribution in [2.24, 2.45) is 11.7 Å². The lowest BCUT2D eigenvalue weighted by molar-refractivity contribution is -0.137. The summed E-state index contributed by atoms with van der Waals surface area (Å²) >= 11 is 0. The first-order valence-electron chi connectivity index (χ1n) is 9.08. The molecule has 0 heterocycles. The summed E-state index contributed by atoms with van der Waals surface area (Å²) in [5.41, 5.74) is 2.79. The average Bonchev–Trinajstić information content (AvgIpc) is 2.61. The maximum atomic E-state index is 13.3. The number of amides is 1. The number of hydrogen-bond acceptors (Lipinski definition) is 3. The molecule has 0 aromatic heterocycles. The number of benzene rings is 1. The van der Waals surface area contributed by atoms with Crippen LogP contribution in [0.1, 0.15) is 50.7 Å². The summed E-state index contributed by atoms with van der Waals surface area (Å²) in [5.74, 6) is -1.17. The summed E-state index contributed by atoms with van der Waals surface area (Å²) in [6, 6.07) is 2.15. The lowest BCUT2D eigenvalue weighted by Gasteiger charge is -2.34. The van der Waals surface area contributed by atoms with Crippen LogP contribution in [-0.2, 0) is 11.0 Å². The highest BCUT2D eigenvalue weighted by atomic mass is 19.4. The summed E-state index contributed by atoms with van der Waals surface area (Å²) in [6.07, 6.45) is -7.79. The largest absolute Gasteiger partial charge is 0.417 e. The quantitative estimate of drug-likeness (QED) is 0.568. The summed E-state index contributed by atoms with van der Waals surface area (Å²) in [7, 11) is 0. The van der Waals surface area contributed by atoms with Crippen molar-refractivity contribution in [3.63, 3.8) is 0 Å². The molecule has 0 saturated carbocycles. The molecule has 0 fully saturated rings. The van der Waals surface area contributed by atoms with Gasteiger partial charge in [-0.3, -0.25) is 4.79 Å². The van der Waals surface area contributed by atoms with Gasteiger partial charge in [-0.15, -0.1) is 0 Å². The zero-order valence-corrected chi connectivity index (χ0v) is 16.1. The van der Waals surface area contributed by atoms with Crippen LogP contribution in [-0.4, -0.2) is 24.7 Å². The normalized spacial score (nSPS) is 14.2. The fraction of sp³-hybridized carbons (Fsp3) is 0.579. The topological polar surface area (TPSA) is 70.1 Å². The fourth-order valence-electron chi connectivity index (χ4n) is 3.23. The van der Waals surface area contributed by atoms with Gasteiger partial charge in [0.2, 0.25) is 5.91 Å². The third kappa shape index (κ3) is 7.15. The van der Waals surface area contributed by atoms with Crippen molar-refractivity contribution in [3.05, 3.63) is 29.3 Å².